The summed E-state index contributed by atoms with van der Waals surface area (Å²) in [6.45, 7) is 4.34. The molecule has 2 aromatic carbocycles. The normalized spacial score (nSPS) is 12.0. The first-order valence-corrected chi connectivity index (χ1v) is 7.70. The van der Waals surface area contributed by atoms with Crippen LogP contribution in [-0.4, -0.2) is 5.91 Å². The second-order valence-electron chi connectivity index (χ2n) is 4.96. The average molecular weight is 347 g/mol. The molecule has 0 heterocycles. The maximum Gasteiger partial charge on any atom is 0.221 e. The maximum absolute atomic E-state index is 11.2. The third kappa shape index (κ3) is 4.41. The average Bonchev–Trinajstić information content (AvgIpc) is 2.46. The molecule has 110 valence electrons. The second kappa shape index (κ2) is 7.38. The van der Waals surface area contributed by atoms with E-state index in [1.54, 1.807) is 0 Å². The van der Waals surface area contributed by atoms with Gasteiger partial charge in [-0.1, -0.05) is 52.3 Å². The van der Waals surface area contributed by atoms with E-state index in [0.717, 1.165) is 15.7 Å². The fourth-order valence-corrected chi connectivity index (χ4v) is 2.81. The number of rotatable bonds is 5. The number of halogens is 1. The molecule has 0 aliphatic carbocycles. The molecule has 21 heavy (non-hydrogen) atoms. The quantitative estimate of drug-likeness (QED) is 0.849. The van der Waals surface area contributed by atoms with Gasteiger partial charge in [-0.2, -0.15) is 0 Å². The zero-order valence-electron chi connectivity index (χ0n) is 12.2. The lowest BCUT2D eigenvalue weighted by Gasteiger charge is -2.17. The molecule has 0 aromatic heterocycles. The van der Waals surface area contributed by atoms with Gasteiger partial charge in [0.05, 0.1) is 0 Å². The lowest BCUT2D eigenvalue weighted by atomic mass is 10.1. The number of benzene rings is 2. The summed E-state index contributed by atoms with van der Waals surface area (Å²) < 4.78 is 1.10. The van der Waals surface area contributed by atoms with E-state index in [9.17, 15) is 4.79 Å². The van der Waals surface area contributed by atoms with Gasteiger partial charge in [0.15, 0.2) is 0 Å². The van der Waals surface area contributed by atoms with Gasteiger partial charge in [0.1, 0.15) is 0 Å². The molecule has 0 unspecified atom stereocenters. The Morgan fingerprint density at radius 2 is 1.81 bits per heavy atom. The Morgan fingerprint density at radius 3 is 2.52 bits per heavy atom. The van der Waals surface area contributed by atoms with Crippen LogP contribution >= 0.6 is 15.9 Å². The highest BCUT2D eigenvalue weighted by atomic mass is 79.9. The molecule has 2 rings (SSSR count). The van der Waals surface area contributed by atoms with Gasteiger partial charge >= 0.3 is 0 Å². The minimum absolute atomic E-state index is 0.0543. The van der Waals surface area contributed by atoms with Gasteiger partial charge in [0, 0.05) is 29.7 Å². The molecule has 0 aliphatic rings. The van der Waals surface area contributed by atoms with E-state index in [1.807, 2.05) is 42.5 Å². The van der Waals surface area contributed by atoms with Gasteiger partial charge in [0.2, 0.25) is 5.91 Å². The monoisotopic (exact) mass is 346 g/mol. The highest BCUT2D eigenvalue weighted by Crippen LogP contribution is 2.23. The number of hydrogen-bond acceptors (Lipinski definition) is 2. The van der Waals surface area contributed by atoms with Gasteiger partial charge in [-0.25, -0.2) is 0 Å². The number of hydrogen-bond donors (Lipinski definition) is 2. The molecular weight excluding hydrogens is 328 g/mol. The van der Waals surface area contributed by atoms with Crippen LogP contribution in [0.4, 0.5) is 5.69 Å². The largest absolute Gasteiger partial charge is 0.326 e. The van der Waals surface area contributed by atoms with Crippen LogP contribution in [-0.2, 0) is 11.3 Å². The van der Waals surface area contributed by atoms with E-state index in [4.69, 9.17) is 0 Å². The third-order valence-corrected chi connectivity index (χ3v) is 4.02. The van der Waals surface area contributed by atoms with Crippen LogP contribution in [0, 0.1) is 0 Å². The molecule has 0 radical (unpaired) electrons. The van der Waals surface area contributed by atoms with Crippen LogP contribution in [0.15, 0.2) is 53.0 Å². The molecule has 3 nitrogen and oxygen atoms in total. The second-order valence-corrected chi connectivity index (χ2v) is 5.82. The van der Waals surface area contributed by atoms with Gasteiger partial charge in [-0.15, -0.1) is 0 Å². The Morgan fingerprint density at radius 1 is 1.14 bits per heavy atom. The van der Waals surface area contributed by atoms with Crippen molar-refractivity contribution in [2.75, 3.05) is 5.32 Å². The van der Waals surface area contributed by atoms with Crippen molar-refractivity contribution in [1.29, 1.82) is 0 Å². The van der Waals surface area contributed by atoms with Crippen LogP contribution in [0.5, 0.6) is 0 Å². The Hall–Kier alpha value is -1.65. The molecule has 0 saturated carbocycles. The predicted molar refractivity (Wildman–Crippen MR) is 90.1 cm³/mol. The topological polar surface area (TPSA) is 41.1 Å². The summed E-state index contributed by atoms with van der Waals surface area (Å²) in [5.41, 5.74) is 3.15. The molecule has 0 aliphatic heterocycles. The summed E-state index contributed by atoms with van der Waals surface area (Å²) in [7, 11) is 0. The Labute approximate surface area is 133 Å². The number of carbonyl (C=O) groups excluding carboxylic acids is 1. The first-order valence-electron chi connectivity index (χ1n) is 6.91. The van der Waals surface area contributed by atoms with Crippen molar-refractivity contribution in [3.05, 3.63) is 64.1 Å². The molecule has 0 spiro atoms. The van der Waals surface area contributed by atoms with E-state index >= 15 is 0 Å². The van der Waals surface area contributed by atoms with Crippen LogP contribution < -0.4 is 10.6 Å². The fourth-order valence-electron chi connectivity index (χ4n) is 2.19. The summed E-state index contributed by atoms with van der Waals surface area (Å²) in [6.07, 6.45) is 0. The number of nitrogens with one attached hydrogen (secondary N) is 2. The zero-order valence-corrected chi connectivity index (χ0v) is 13.8. The Kier molecular flexibility index (Phi) is 5.53. The SMILES string of the molecule is CC(=O)Nc1ccccc1CN[C@H](C)c1ccccc1Br. The van der Waals surface area contributed by atoms with Crippen molar-refractivity contribution in [2.24, 2.45) is 0 Å². The van der Waals surface area contributed by atoms with Gasteiger partial charge in [-0.3, -0.25) is 4.79 Å². The zero-order chi connectivity index (χ0) is 15.2. The minimum Gasteiger partial charge on any atom is -0.326 e. The highest BCUT2D eigenvalue weighted by Gasteiger charge is 2.09. The third-order valence-electron chi connectivity index (χ3n) is 3.30. The molecule has 1 atom stereocenters. The summed E-state index contributed by atoms with van der Waals surface area (Å²) in [6, 6.07) is 16.2. The summed E-state index contributed by atoms with van der Waals surface area (Å²) in [5, 5.41) is 6.35. The minimum atomic E-state index is -0.0543. The first-order chi connectivity index (χ1) is 10.1. The number of amides is 1. The summed E-state index contributed by atoms with van der Waals surface area (Å²) in [4.78, 5) is 11.2. The Balaban J connectivity index is 2.06. The molecule has 1 amide bonds. The van der Waals surface area contributed by atoms with Crippen molar-refractivity contribution in [2.45, 2.75) is 26.4 Å². The fraction of sp³-hybridized carbons (Fsp3) is 0.235. The van der Waals surface area contributed by atoms with E-state index in [2.05, 4.69) is 39.6 Å². The van der Waals surface area contributed by atoms with Crippen LogP contribution in [0.3, 0.4) is 0 Å². The highest BCUT2D eigenvalue weighted by molar-refractivity contribution is 9.10. The molecule has 2 aromatic rings. The summed E-state index contributed by atoms with van der Waals surface area (Å²) >= 11 is 3.57. The van der Waals surface area contributed by atoms with E-state index in [0.29, 0.717) is 6.54 Å². The van der Waals surface area contributed by atoms with Gasteiger partial charge in [-0.05, 0) is 30.2 Å². The van der Waals surface area contributed by atoms with Gasteiger partial charge in [0.25, 0.3) is 0 Å². The number of carbonyl (C=O) groups is 1. The predicted octanol–water partition coefficient (Wildman–Crippen LogP) is 4.26. The van der Waals surface area contributed by atoms with Crippen LogP contribution in [0.2, 0.25) is 0 Å². The lowest BCUT2D eigenvalue weighted by Crippen LogP contribution is -2.19. The smallest absolute Gasteiger partial charge is 0.221 e. The summed E-state index contributed by atoms with van der Waals surface area (Å²) in [5.74, 6) is -0.0543. The number of para-hydroxylation sites is 1. The number of anilines is 1. The first kappa shape index (κ1) is 15.7. The molecular formula is C17H19BrN2O. The van der Waals surface area contributed by atoms with Crippen molar-refractivity contribution in [3.63, 3.8) is 0 Å². The standard InChI is InChI=1S/C17H19BrN2O/c1-12(15-8-4-5-9-16(15)18)19-11-14-7-3-6-10-17(14)20-13(2)21/h3-10,12,19H,11H2,1-2H3,(H,20,21)/t12-/m1/s1. The maximum atomic E-state index is 11.2. The molecule has 4 heteroatoms. The van der Waals surface area contributed by atoms with Crippen molar-refractivity contribution < 1.29 is 4.79 Å². The van der Waals surface area contributed by atoms with Crippen molar-refractivity contribution in [1.82, 2.24) is 5.32 Å². The van der Waals surface area contributed by atoms with Crippen molar-refractivity contribution in [3.8, 4) is 0 Å². The molecule has 0 fully saturated rings. The van der Waals surface area contributed by atoms with E-state index < -0.39 is 0 Å². The van der Waals surface area contributed by atoms with Gasteiger partial charge < -0.3 is 10.6 Å². The van der Waals surface area contributed by atoms with Crippen LogP contribution in [0.1, 0.15) is 31.0 Å². The molecule has 0 saturated heterocycles. The van der Waals surface area contributed by atoms with Crippen LogP contribution in [0.25, 0.3) is 0 Å². The lowest BCUT2D eigenvalue weighted by molar-refractivity contribution is -0.114. The van der Waals surface area contributed by atoms with Crippen molar-refractivity contribution >= 4 is 27.5 Å². The van der Waals surface area contributed by atoms with E-state index in [1.165, 1.54) is 12.5 Å². The van der Waals surface area contributed by atoms with E-state index in [-0.39, 0.29) is 11.9 Å². The Bertz CT molecular complexity index is 628. The molecule has 2 N–H and O–H groups in total. The molecule has 0 bridgehead atoms.